The van der Waals surface area contributed by atoms with Crippen LogP contribution in [0, 0.1) is 5.82 Å². The van der Waals surface area contributed by atoms with Crippen LogP contribution in [0.25, 0.3) is 0 Å². The summed E-state index contributed by atoms with van der Waals surface area (Å²) in [5.74, 6) is -0.340. The third-order valence-electron chi connectivity index (χ3n) is 2.66. The minimum Gasteiger partial charge on any atom is -0.392 e. The maximum atomic E-state index is 13.1. The van der Waals surface area contributed by atoms with E-state index >= 15 is 0 Å². The molecule has 0 aromatic heterocycles. The highest BCUT2D eigenvalue weighted by molar-refractivity contribution is 5.24. The van der Waals surface area contributed by atoms with Crippen LogP contribution in [0.1, 0.15) is 37.8 Å². The van der Waals surface area contributed by atoms with Crippen LogP contribution in [0.3, 0.4) is 0 Å². The molecule has 0 fully saturated rings. The van der Waals surface area contributed by atoms with Crippen LogP contribution in [0.5, 0.6) is 0 Å². The largest absolute Gasteiger partial charge is 0.392 e. The van der Waals surface area contributed by atoms with Crippen molar-refractivity contribution in [2.24, 2.45) is 0 Å². The highest BCUT2D eigenvalue weighted by Crippen LogP contribution is 2.11. The second-order valence-electron chi connectivity index (χ2n) is 4.15. The van der Waals surface area contributed by atoms with Crippen LogP contribution >= 0.6 is 0 Å². The van der Waals surface area contributed by atoms with Gasteiger partial charge in [-0.05, 0) is 31.0 Å². The van der Waals surface area contributed by atoms with Gasteiger partial charge in [0.15, 0.2) is 0 Å². The van der Waals surface area contributed by atoms with Gasteiger partial charge in [-0.3, -0.25) is 0 Å². The summed E-state index contributed by atoms with van der Waals surface area (Å²) < 4.78 is 13.1. The Bertz CT molecular complexity index is 328. The fourth-order valence-corrected chi connectivity index (χ4v) is 1.69. The summed E-state index contributed by atoms with van der Waals surface area (Å²) in [6.45, 7) is 4.76. The summed E-state index contributed by atoms with van der Waals surface area (Å²) >= 11 is 0. The molecule has 0 amide bonds. The van der Waals surface area contributed by atoms with Crippen molar-refractivity contribution in [3.8, 4) is 0 Å². The lowest BCUT2D eigenvalue weighted by Crippen LogP contribution is -2.25. The van der Waals surface area contributed by atoms with E-state index in [1.807, 2.05) is 0 Å². The molecule has 16 heavy (non-hydrogen) atoms. The number of aliphatic hydroxyl groups is 1. The van der Waals surface area contributed by atoms with Gasteiger partial charge in [-0.25, -0.2) is 4.39 Å². The first-order chi connectivity index (χ1) is 7.67. The van der Waals surface area contributed by atoms with Crippen molar-refractivity contribution in [2.45, 2.75) is 45.9 Å². The molecule has 0 spiro atoms. The molecule has 0 aliphatic carbocycles. The van der Waals surface area contributed by atoms with E-state index in [2.05, 4.69) is 19.2 Å². The lowest BCUT2D eigenvalue weighted by molar-refractivity contribution is 0.275. The van der Waals surface area contributed by atoms with Gasteiger partial charge in [-0.15, -0.1) is 0 Å². The highest BCUT2D eigenvalue weighted by atomic mass is 19.1. The van der Waals surface area contributed by atoms with Crippen LogP contribution in [0.4, 0.5) is 4.39 Å². The van der Waals surface area contributed by atoms with Crippen molar-refractivity contribution >= 4 is 0 Å². The van der Waals surface area contributed by atoms with E-state index in [4.69, 9.17) is 5.11 Å². The summed E-state index contributed by atoms with van der Waals surface area (Å²) in [7, 11) is 0. The molecule has 0 saturated heterocycles. The molecule has 1 unspecified atom stereocenters. The number of aliphatic hydroxyl groups excluding tert-OH is 1. The monoisotopic (exact) mass is 225 g/mol. The smallest absolute Gasteiger partial charge is 0.128 e. The van der Waals surface area contributed by atoms with Gasteiger partial charge in [0.2, 0.25) is 0 Å². The summed E-state index contributed by atoms with van der Waals surface area (Å²) in [6.07, 6.45) is 2.29. The van der Waals surface area contributed by atoms with E-state index in [1.54, 1.807) is 12.1 Å². The lowest BCUT2D eigenvalue weighted by atomic mass is 10.1. The molecule has 1 atom stereocenters. The number of benzene rings is 1. The highest BCUT2D eigenvalue weighted by Gasteiger charge is 2.04. The number of nitrogens with one attached hydrogen (secondary N) is 1. The van der Waals surface area contributed by atoms with Crippen molar-refractivity contribution < 1.29 is 9.50 Å². The molecule has 0 saturated carbocycles. The molecule has 1 rings (SSSR count). The molecule has 0 radical (unpaired) electrons. The molecule has 90 valence electrons. The van der Waals surface area contributed by atoms with E-state index in [-0.39, 0.29) is 12.4 Å². The lowest BCUT2D eigenvalue weighted by Gasteiger charge is -2.13. The topological polar surface area (TPSA) is 32.3 Å². The first-order valence-corrected chi connectivity index (χ1v) is 5.79. The van der Waals surface area contributed by atoms with Crippen molar-refractivity contribution in [2.75, 3.05) is 0 Å². The Morgan fingerprint density at radius 2 is 2.19 bits per heavy atom. The second-order valence-corrected chi connectivity index (χ2v) is 4.15. The van der Waals surface area contributed by atoms with E-state index < -0.39 is 0 Å². The molecule has 2 nitrogen and oxygen atoms in total. The van der Waals surface area contributed by atoms with E-state index in [0.717, 1.165) is 18.4 Å². The Hall–Kier alpha value is -0.930. The number of rotatable bonds is 6. The number of hydrogen-bond acceptors (Lipinski definition) is 2. The van der Waals surface area contributed by atoms with Crippen molar-refractivity contribution in [1.82, 2.24) is 5.32 Å². The van der Waals surface area contributed by atoms with Gasteiger partial charge in [-0.1, -0.05) is 19.4 Å². The molecule has 1 aromatic carbocycles. The first kappa shape index (κ1) is 13.1. The molecular weight excluding hydrogens is 205 g/mol. The normalized spacial score (nSPS) is 12.8. The minimum absolute atomic E-state index is 0.246. The van der Waals surface area contributed by atoms with Gasteiger partial charge in [0.25, 0.3) is 0 Å². The van der Waals surface area contributed by atoms with Crippen LogP contribution < -0.4 is 5.32 Å². The Balaban J connectivity index is 2.54. The fourth-order valence-electron chi connectivity index (χ4n) is 1.69. The van der Waals surface area contributed by atoms with Gasteiger partial charge in [0.05, 0.1) is 6.61 Å². The van der Waals surface area contributed by atoms with Crippen molar-refractivity contribution in [3.63, 3.8) is 0 Å². The molecule has 1 aromatic rings. The quantitative estimate of drug-likeness (QED) is 0.780. The average molecular weight is 225 g/mol. The number of hydrogen-bond donors (Lipinski definition) is 2. The number of halogens is 1. The summed E-state index contributed by atoms with van der Waals surface area (Å²) in [5, 5.41) is 12.3. The zero-order valence-electron chi connectivity index (χ0n) is 9.96. The van der Waals surface area contributed by atoms with E-state index in [1.165, 1.54) is 6.07 Å². The molecule has 0 aliphatic rings. The van der Waals surface area contributed by atoms with Crippen LogP contribution in [-0.4, -0.2) is 11.1 Å². The maximum Gasteiger partial charge on any atom is 0.128 e. The third kappa shape index (κ3) is 3.91. The average Bonchev–Trinajstić information content (AvgIpc) is 2.28. The van der Waals surface area contributed by atoms with Gasteiger partial charge >= 0.3 is 0 Å². The van der Waals surface area contributed by atoms with Crippen LogP contribution in [0.2, 0.25) is 0 Å². The van der Waals surface area contributed by atoms with Gasteiger partial charge in [-0.2, -0.15) is 0 Å². The predicted octanol–water partition coefficient (Wildman–Crippen LogP) is 2.60. The maximum absolute atomic E-state index is 13.1. The second kappa shape index (κ2) is 6.61. The molecular formula is C13H20FNO. The van der Waals surface area contributed by atoms with Gasteiger partial charge in [0, 0.05) is 18.2 Å². The SMILES string of the molecule is CCCC(C)NCc1ccc(F)c(CO)c1. The Kier molecular flexibility index (Phi) is 5.43. The Labute approximate surface area is 96.5 Å². The summed E-state index contributed by atoms with van der Waals surface area (Å²) in [4.78, 5) is 0. The molecule has 0 heterocycles. The van der Waals surface area contributed by atoms with Crippen molar-refractivity contribution in [1.29, 1.82) is 0 Å². The van der Waals surface area contributed by atoms with Crippen LogP contribution in [-0.2, 0) is 13.2 Å². The molecule has 0 aliphatic heterocycles. The fraction of sp³-hybridized carbons (Fsp3) is 0.538. The third-order valence-corrected chi connectivity index (χ3v) is 2.66. The predicted molar refractivity (Wildman–Crippen MR) is 63.5 cm³/mol. The Morgan fingerprint density at radius 3 is 2.81 bits per heavy atom. The van der Waals surface area contributed by atoms with Gasteiger partial charge in [0.1, 0.15) is 5.82 Å². The zero-order chi connectivity index (χ0) is 12.0. The minimum atomic E-state index is -0.340. The Morgan fingerprint density at radius 1 is 1.44 bits per heavy atom. The molecule has 0 bridgehead atoms. The molecule has 3 heteroatoms. The van der Waals surface area contributed by atoms with E-state index in [9.17, 15) is 4.39 Å². The summed E-state index contributed by atoms with van der Waals surface area (Å²) in [6, 6.07) is 5.33. The molecule has 2 N–H and O–H groups in total. The van der Waals surface area contributed by atoms with E-state index in [0.29, 0.717) is 18.2 Å². The summed E-state index contributed by atoms with van der Waals surface area (Å²) in [5.41, 5.74) is 1.37. The van der Waals surface area contributed by atoms with Crippen molar-refractivity contribution in [3.05, 3.63) is 35.1 Å². The zero-order valence-corrected chi connectivity index (χ0v) is 9.96. The van der Waals surface area contributed by atoms with Gasteiger partial charge < -0.3 is 10.4 Å². The standard InChI is InChI=1S/C13H20FNO/c1-3-4-10(2)15-8-11-5-6-13(14)12(7-11)9-16/h5-7,10,15-16H,3-4,8-9H2,1-2H3. The first-order valence-electron chi connectivity index (χ1n) is 5.79. The van der Waals surface area contributed by atoms with Crippen LogP contribution in [0.15, 0.2) is 18.2 Å².